The van der Waals surface area contributed by atoms with Crippen LogP contribution >= 0.6 is 34.2 Å². The topological polar surface area (TPSA) is 75.3 Å². The van der Waals surface area contributed by atoms with Crippen molar-refractivity contribution in [3.8, 4) is 0 Å². The molecule has 0 atom stereocenters. The van der Waals surface area contributed by atoms with Crippen LogP contribution in [0.2, 0.25) is 5.02 Å². The molecule has 0 fully saturated rings. The Morgan fingerprint density at radius 3 is 2.34 bits per heavy atom. The Labute approximate surface area is 188 Å². The van der Waals surface area contributed by atoms with Crippen LogP contribution in [0, 0.1) is 17.4 Å². The van der Waals surface area contributed by atoms with Gasteiger partial charge in [0.1, 0.15) is 4.90 Å². The minimum atomic E-state index is -3.97. The summed E-state index contributed by atoms with van der Waals surface area (Å²) in [7, 11) is -3.97. The molecule has 0 aliphatic carbocycles. The predicted octanol–water partition coefficient (Wildman–Crippen LogP) is 5.61. The van der Waals surface area contributed by atoms with Gasteiger partial charge in [0.15, 0.2) is 0 Å². The summed E-state index contributed by atoms with van der Waals surface area (Å²) in [5, 5.41) is 2.85. The highest BCUT2D eigenvalue weighted by Crippen LogP contribution is 2.27. The minimum Gasteiger partial charge on any atom is -0.322 e. The summed E-state index contributed by atoms with van der Waals surface area (Å²) in [5.41, 5.74) is 2.99. The van der Waals surface area contributed by atoms with E-state index in [1.165, 1.54) is 18.2 Å². The standard InChI is InChI=1S/C21H18ClIN2O3S/c1-13-5-3-4-6-19(13)25-29(27,28)20-12-15(7-9-17(20)22)21(26)24-18-10-8-16(23)11-14(18)2/h3-12,25H,1-2H3,(H,24,26). The van der Waals surface area contributed by atoms with E-state index in [9.17, 15) is 13.2 Å². The van der Waals surface area contributed by atoms with E-state index in [4.69, 9.17) is 11.6 Å². The normalized spacial score (nSPS) is 11.2. The lowest BCUT2D eigenvalue weighted by atomic mass is 10.1. The van der Waals surface area contributed by atoms with Crippen LogP contribution in [0.3, 0.4) is 0 Å². The number of anilines is 2. The van der Waals surface area contributed by atoms with E-state index in [1.54, 1.807) is 25.1 Å². The van der Waals surface area contributed by atoms with Gasteiger partial charge in [-0.2, -0.15) is 0 Å². The fourth-order valence-electron chi connectivity index (χ4n) is 2.70. The van der Waals surface area contributed by atoms with E-state index < -0.39 is 15.9 Å². The van der Waals surface area contributed by atoms with Crippen molar-refractivity contribution in [2.24, 2.45) is 0 Å². The van der Waals surface area contributed by atoms with Crippen molar-refractivity contribution in [1.82, 2.24) is 0 Å². The second kappa shape index (κ2) is 8.73. The zero-order valence-corrected chi connectivity index (χ0v) is 19.4. The molecule has 0 bridgehead atoms. The van der Waals surface area contributed by atoms with Crippen molar-refractivity contribution < 1.29 is 13.2 Å². The molecule has 0 aromatic heterocycles. The molecule has 3 rings (SSSR count). The summed E-state index contributed by atoms with van der Waals surface area (Å²) in [6, 6.07) is 16.8. The predicted molar refractivity (Wildman–Crippen MR) is 125 cm³/mol. The number of halogens is 2. The molecular weight excluding hydrogens is 523 g/mol. The maximum absolute atomic E-state index is 12.9. The second-order valence-corrected chi connectivity index (χ2v) is 9.78. The Kier molecular flexibility index (Phi) is 6.50. The number of nitrogens with one attached hydrogen (secondary N) is 2. The first kappa shape index (κ1) is 21.6. The summed E-state index contributed by atoms with van der Waals surface area (Å²) in [6.07, 6.45) is 0. The maximum atomic E-state index is 12.9. The highest BCUT2D eigenvalue weighted by molar-refractivity contribution is 14.1. The van der Waals surface area contributed by atoms with Gasteiger partial charge in [0.25, 0.3) is 15.9 Å². The molecule has 3 aromatic carbocycles. The first-order valence-electron chi connectivity index (χ1n) is 8.63. The van der Waals surface area contributed by atoms with Crippen molar-refractivity contribution in [1.29, 1.82) is 0 Å². The van der Waals surface area contributed by atoms with E-state index in [0.29, 0.717) is 11.4 Å². The Morgan fingerprint density at radius 1 is 0.931 bits per heavy atom. The average molecular weight is 541 g/mol. The van der Waals surface area contributed by atoms with Crippen LogP contribution in [0.15, 0.2) is 65.6 Å². The van der Waals surface area contributed by atoms with Gasteiger partial charge < -0.3 is 5.32 Å². The van der Waals surface area contributed by atoms with Crippen molar-refractivity contribution in [2.45, 2.75) is 18.7 Å². The average Bonchev–Trinajstić information content (AvgIpc) is 2.66. The van der Waals surface area contributed by atoms with Gasteiger partial charge >= 0.3 is 0 Å². The lowest BCUT2D eigenvalue weighted by Gasteiger charge is -2.13. The second-order valence-electron chi connectivity index (χ2n) is 6.48. The fourth-order valence-corrected chi connectivity index (χ4v) is 5.00. The molecule has 29 heavy (non-hydrogen) atoms. The number of benzene rings is 3. The van der Waals surface area contributed by atoms with Crippen LogP contribution in [-0.2, 0) is 10.0 Å². The van der Waals surface area contributed by atoms with Crippen molar-refractivity contribution in [3.63, 3.8) is 0 Å². The summed E-state index contributed by atoms with van der Waals surface area (Å²) >= 11 is 8.34. The molecule has 0 radical (unpaired) electrons. The lowest BCUT2D eigenvalue weighted by Crippen LogP contribution is -2.17. The highest BCUT2D eigenvalue weighted by Gasteiger charge is 2.21. The van der Waals surface area contributed by atoms with Gasteiger partial charge in [0.05, 0.1) is 10.7 Å². The minimum absolute atomic E-state index is 0.0353. The third-order valence-corrected chi connectivity index (χ3v) is 6.83. The van der Waals surface area contributed by atoms with Gasteiger partial charge in [-0.1, -0.05) is 29.8 Å². The number of sulfonamides is 1. The molecule has 0 aliphatic rings. The van der Waals surface area contributed by atoms with Crippen LogP contribution < -0.4 is 10.0 Å². The molecule has 0 unspecified atom stereocenters. The van der Waals surface area contributed by atoms with Crippen molar-refractivity contribution in [3.05, 3.63) is 85.9 Å². The van der Waals surface area contributed by atoms with Gasteiger partial charge in [0.2, 0.25) is 0 Å². The summed E-state index contributed by atoms with van der Waals surface area (Å²) in [6.45, 7) is 3.69. The van der Waals surface area contributed by atoms with Gasteiger partial charge in [-0.3, -0.25) is 9.52 Å². The molecule has 0 heterocycles. The van der Waals surface area contributed by atoms with Crippen LogP contribution in [-0.4, -0.2) is 14.3 Å². The number of carbonyl (C=O) groups excluding carboxylic acids is 1. The summed E-state index contributed by atoms with van der Waals surface area (Å²) in [5.74, 6) is -0.418. The van der Waals surface area contributed by atoms with Gasteiger partial charge in [0, 0.05) is 14.8 Å². The third-order valence-electron chi connectivity index (χ3n) is 4.31. The number of para-hydroxylation sites is 1. The lowest BCUT2D eigenvalue weighted by molar-refractivity contribution is 0.102. The number of hydrogen-bond acceptors (Lipinski definition) is 3. The molecule has 0 spiro atoms. The third kappa shape index (κ3) is 5.09. The fraction of sp³-hybridized carbons (Fsp3) is 0.0952. The monoisotopic (exact) mass is 540 g/mol. The maximum Gasteiger partial charge on any atom is 0.263 e. The number of carbonyl (C=O) groups is 1. The number of amides is 1. The molecule has 150 valence electrons. The molecule has 3 aromatic rings. The van der Waals surface area contributed by atoms with Gasteiger partial charge in [-0.05, 0) is 90.0 Å². The SMILES string of the molecule is Cc1cc(I)ccc1NC(=O)c1ccc(Cl)c(S(=O)(=O)Nc2ccccc2C)c1. The molecular formula is C21H18ClIN2O3S. The summed E-state index contributed by atoms with van der Waals surface area (Å²) in [4.78, 5) is 12.5. The van der Waals surface area contributed by atoms with Crippen molar-refractivity contribution >= 4 is 61.5 Å². The van der Waals surface area contributed by atoms with E-state index in [2.05, 4.69) is 32.6 Å². The summed E-state index contributed by atoms with van der Waals surface area (Å²) < 4.78 is 29.3. The quantitative estimate of drug-likeness (QED) is 0.413. The van der Waals surface area contributed by atoms with E-state index in [1.807, 2.05) is 31.2 Å². The molecule has 1 amide bonds. The number of rotatable bonds is 5. The van der Waals surface area contributed by atoms with Crippen LogP contribution in [0.1, 0.15) is 21.5 Å². The molecule has 2 N–H and O–H groups in total. The molecule has 8 heteroatoms. The zero-order valence-electron chi connectivity index (χ0n) is 15.7. The Balaban J connectivity index is 1.91. The number of aryl methyl sites for hydroxylation is 2. The van der Waals surface area contributed by atoms with E-state index in [-0.39, 0.29) is 15.5 Å². The molecule has 0 saturated heterocycles. The first-order chi connectivity index (χ1) is 13.7. The first-order valence-corrected chi connectivity index (χ1v) is 11.6. The number of hydrogen-bond donors (Lipinski definition) is 2. The van der Waals surface area contributed by atoms with E-state index in [0.717, 1.165) is 14.7 Å². The van der Waals surface area contributed by atoms with E-state index >= 15 is 0 Å². The van der Waals surface area contributed by atoms with Crippen LogP contribution in [0.4, 0.5) is 11.4 Å². The van der Waals surface area contributed by atoms with Crippen LogP contribution in [0.25, 0.3) is 0 Å². The van der Waals surface area contributed by atoms with Crippen molar-refractivity contribution in [2.75, 3.05) is 10.0 Å². The van der Waals surface area contributed by atoms with Gasteiger partial charge in [-0.25, -0.2) is 8.42 Å². The molecule has 0 aliphatic heterocycles. The molecule has 5 nitrogen and oxygen atoms in total. The zero-order chi connectivity index (χ0) is 21.2. The largest absolute Gasteiger partial charge is 0.322 e. The Hall–Kier alpha value is -2.10. The van der Waals surface area contributed by atoms with Crippen LogP contribution in [0.5, 0.6) is 0 Å². The van der Waals surface area contributed by atoms with Gasteiger partial charge in [-0.15, -0.1) is 0 Å². The smallest absolute Gasteiger partial charge is 0.263 e. The Morgan fingerprint density at radius 2 is 1.66 bits per heavy atom. The molecule has 0 saturated carbocycles. The highest BCUT2D eigenvalue weighted by atomic mass is 127. The Bertz CT molecular complexity index is 1200.